The summed E-state index contributed by atoms with van der Waals surface area (Å²) in [6, 6.07) is -0.335. The molecule has 0 fully saturated rings. The molecule has 14 heavy (non-hydrogen) atoms. The van der Waals surface area contributed by atoms with Gasteiger partial charge in [-0.25, -0.2) is 0 Å². The third-order valence-corrected chi connectivity index (χ3v) is 2.27. The fourth-order valence-electron chi connectivity index (χ4n) is 1.74. The maximum absolute atomic E-state index is 9.03. The Bertz CT molecular complexity index is 312. The van der Waals surface area contributed by atoms with Crippen LogP contribution in [0.15, 0.2) is 6.20 Å². The Morgan fingerprint density at radius 3 is 2.57 bits per heavy atom. The van der Waals surface area contributed by atoms with E-state index < -0.39 is 0 Å². The molecule has 1 unspecified atom stereocenters. The van der Waals surface area contributed by atoms with Gasteiger partial charge >= 0.3 is 0 Å². The number of hydrogen-bond donors (Lipinski definition) is 2. The van der Waals surface area contributed by atoms with Gasteiger partial charge in [0, 0.05) is 23.7 Å². The van der Waals surface area contributed by atoms with Crippen LogP contribution in [0.2, 0.25) is 0 Å². The SMILES string of the molecule is Cn1ncc(C(N)CO)c1C(C)(C)C. The zero-order valence-electron chi connectivity index (χ0n) is 9.28. The van der Waals surface area contributed by atoms with Gasteiger partial charge in [0.1, 0.15) is 0 Å². The van der Waals surface area contributed by atoms with E-state index in [0.717, 1.165) is 11.3 Å². The van der Waals surface area contributed by atoms with Crippen LogP contribution < -0.4 is 5.73 Å². The van der Waals surface area contributed by atoms with Crippen LogP contribution in [0.1, 0.15) is 38.1 Å². The van der Waals surface area contributed by atoms with Crippen molar-refractivity contribution >= 4 is 0 Å². The highest BCUT2D eigenvalue weighted by Gasteiger charge is 2.24. The van der Waals surface area contributed by atoms with E-state index in [0.29, 0.717) is 0 Å². The Labute approximate surface area is 84.7 Å². The fraction of sp³-hybridized carbons (Fsp3) is 0.700. The highest BCUT2D eigenvalue weighted by atomic mass is 16.3. The Balaban J connectivity index is 3.19. The number of aromatic nitrogens is 2. The zero-order valence-corrected chi connectivity index (χ0v) is 9.28. The minimum atomic E-state index is -0.335. The molecule has 1 rings (SSSR count). The first kappa shape index (κ1) is 11.2. The Morgan fingerprint density at radius 2 is 2.14 bits per heavy atom. The van der Waals surface area contributed by atoms with Crippen molar-refractivity contribution in [3.8, 4) is 0 Å². The third-order valence-electron chi connectivity index (χ3n) is 2.27. The van der Waals surface area contributed by atoms with Crippen molar-refractivity contribution in [2.45, 2.75) is 32.2 Å². The van der Waals surface area contributed by atoms with Crippen LogP contribution >= 0.6 is 0 Å². The predicted molar refractivity (Wildman–Crippen MR) is 55.9 cm³/mol. The van der Waals surface area contributed by atoms with Crippen LogP contribution in [0.3, 0.4) is 0 Å². The molecule has 0 aromatic carbocycles. The van der Waals surface area contributed by atoms with E-state index in [1.54, 1.807) is 6.20 Å². The predicted octanol–water partition coefficient (Wildman–Crippen LogP) is 0.710. The summed E-state index contributed by atoms with van der Waals surface area (Å²) in [4.78, 5) is 0. The summed E-state index contributed by atoms with van der Waals surface area (Å²) in [5.41, 5.74) is 7.81. The van der Waals surface area contributed by atoms with E-state index in [-0.39, 0.29) is 18.1 Å². The number of aliphatic hydroxyl groups is 1. The highest BCUT2D eigenvalue weighted by molar-refractivity contribution is 5.27. The summed E-state index contributed by atoms with van der Waals surface area (Å²) < 4.78 is 1.82. The molecule has 1 heterocycles. The summed E-state index contributed by atoms with van der Waals surface area (Å²) in [6.45, 7) is 6.28. The summed E-state index contributed by atoms with van der Waals surface area (Å²) in [5, 5.41) is 13.2. The van der Waals surface area contributed by atoms with Crippen molar-refractivity contribution < 1.29 is 5.11 Å². The van der Waals surface area contributed by atoms with Crippen molar-refractivity contribution in [2.24, 2.45) is 12.8 Å². The van der Waals surface area contributed by atoms with Crippen LogP contribution in [0.4, 0.5) is 0 Å². The average Bonchev–Trinajstić information content (AvgIpc) is 2.44. The average molecular weight is 197 g/mol. The van der Waals surface area contributed by atoms with Gasteiger partial charge in [0.15, 0.2) is 0 Å². The first-order chi connectivity index (χ1) is 6.38. The number of aryl methyl sites for hydroxylation is 1. The molecule has 80 valence electrons. The van der Waals surface area contributed by atoms with Crippen molar-refractivity contribution in [3.63, 3.8) is 0 Å². The Kier molecular flexibility index (Phi) is 2.97. The highest BCUT2D eigenvalue weighted by Crippen LogP contribution is 2.27. The maximum Gasteiger partial charge on any atom is 0.0625 e. The van der Waals surface area contributed by atoms with Gasteiger partial charge in [-0.2, -0.15) is 5.10 Å². The van der Waals surface area contributed by atoms with Gasteiger partial charge in [0.2, 0.25) is 0 Å². The second-order valence-electron chi connectivity index (χ2n) is 4.61. The van der Waals surface area contributed by atoms with E-state index in [1.807, 2.05) is 11.7 Å². The van der Waals surface area contributed by atoms with E-state index in [4.69, 9.17) is 10.8 Å². The Hall–Kier alpha value is -0.870. The second kappa shape index (κ2) is 3.71. The van der Waals surface area contributed by atoms with Gasteiger partial charge in [-0.3, -0.25) is 4.68 Å². The maximum atomic E-state index is 9.03. The molecule has 0 aliphatic heterocycles. The van der Waals surface area contributed by atoms with Crippen LogP contribution in [-0.2, 0) is 12.5 Å². The van der Waals surface area contributed by atoms with Crippen molar-refractivity contribution in [1.29, 1.82) is 0 Å². The summed E-state index contributed by atoms with van der Waals surface area (Å²) in [5.74, 6) is 0. The number of rotatable bonds is 2. The van der Waals surface area contributed by atoms with Crippen LogP contribution in [-0.4, -0.2) is 21.5 Å². The largest absolute Gasteiger partial charge is 0.394 e. The minimum Gasteiger partial charge on any atom is -0.394 e. The minimum absolute atomic E-state index is 0.00657. The first-order valence-corrected chi connectivity index (χ1v) is 4.76. The molecule has 0 radical (unpaired) electrons. The molecule has 1 atom stereocenters. The lowest BCUT2D eigenvalue weighted by molar-refractivity contribution is 0.266. The smallest absolute Gasteiger partial charge is 0.0625 e. The topological polar surface area (TPSA) is 64.1 Å². The van der Waals surface area contributed by atoms with Gasteiger partial charge in [-0.1, -0.05) is 20.8 Å². The zero-order chi connectivity index (χ0) is 10.9. The van der Waals surface area contributed by atoms with Gasteiger partial charge in [0.25, 0.3) is 0 Å². The number of aliphatic hydroxyl groups excluding tert-OH is 1. The summed E-state index contributed by atoms with van der Waals surface area (Å²) in [6.07, 6.45) is 1.74. The van der Waals surface area contributed by atoms with Crippen molar-refractivity contribution in [2.75, 3.05) is 6.61 Å². The van der Waals surface area contributed by atoms with E-state index in [9.17, 15) is 0 Å². The molecule has 0 spiro atoms. The molecule has 0 aliphatic rings. The van der Waals surface area contributed by atoms with Gasteiger partial charge in [-0.05, 0) is 0 Å². The molecular weight excluding hydrogens is 178 g/mol. The standard InChI is InChI=1S/C10H19N3O/c1-10(2,3)9-7(8(11)6-14)5-12-13(9)4/h5,8,14H,6,11H2,1-4H3. The molecule has 0 bridgehead atoms. The quantitative estimate of drug-likeness (QED) is 0.734. The second-order valence-corrected chi connectivity index (χ2v) is 4.61. The summed E-state index contributed by atoms with van der Waals surface area (Å²) >= 11 is 0. The molecule has 0 amide bonds. The lowest BCUT2D eigenvalue weighted by Crippen LogP contribution is -2.23. The molecule has 4 heteroatoms. The monoisotopic (exact) mass is 197 g/mol. The first-order valence-electron chi connectivity index (χ1n) is 4.76. The lowest BCUT2D eigenvalue weighted by atomic mass is 9.87. The van der Waals surface area contributed by atoms with Crippen LogP contribution in [0, 0.1) is 0 Å². The van der Waals surface area contributed by atoms with Gasteiger partial charge in [0.05, 0.1) is 18.8 Å². The van der Waals surface area contributed by atoms with Crippen LogP contribution in [0.25, 0.3) is 0 Å². The normalized spacial score (nSPS) is 14.4. The van der Waals surface area contributed by atoms with E-state index >= 15 is 0 Å². The molecule has 1 aromatic rings. The van der Waals surface area contributed by atoms with E-state index in [2.05, 4.69) is 25.9 Å². The molecule has 1 aromatic heterocycles. The van der Waals surface area contributed by atoms with Crippen molar-refractivity contribution in [1.82, 2.24) is 9.78 Å². The molecular formula is C10H19N3O. The molecule has 0 saturated heterocycles. The van der Waals surface area contributed by atoms with Crippen molar-refractivity contribution in [3.05, 3.63) is 17.5 Å². The number of hydrogen-bond acceptors (Lipinski definition) is 3. The molecule has 0 saturated carbocycles. The summed E-state index contributed by atoms with van der Waals surface area (Å²) in [7, 11) is 1.90. The van der Waals surface area contributed by atoms with Gasteiger partial charge in [-0.15, -0.1) is 0 Å². The molecule has 4 nitrogen and oxygen atoms in total. The molecule has 0 aliphatic carbocycles. The number of nitrogens with zero attached hydrogens (tertiary/aromatic N) is 2. The van der Waals surface area contributed by atoms with Gasteiger partial charge < -0.3 is 10.8 Å². The molecule has 3 N–H and O–H groups in total. The number of nitrogens with two attached hydrogens (primary N) is 1. The van der Waals surface area contributed by atoms with Crippen LogP contribution in [0.5, 0.6) is 0 Å². The van der Waals surface area contributed by atoms with E-state index in [1.165, 1.54) is 0 Å². The third kappa shape index (κ3) is 1.96. The Morgan fingerprint density at radius 1 is 1.57 bits per heavy atom. The fourth-order valence-corrected chi connectivity index (χ4v) is 1.74. The lowest BCUT2D eigenvalue weighted by Gasteiger charge is -2.22.